The predicted octanol–water partition coefficient (Wildman–Crippen LogP) is 3.46. The Morgan fingerprint density at radius 2 is 1.57 bits per heavy atom. The third kappa shape index (κ3) is 1.54. The highest BCUT2D eigenvalue weighted by Crippen LogP contribution is 2.35. The van der Waals surface area contributed by atoms with E-state index in [1.807, 2.05) is 0 Å². The Balaban J connectivity index is 3.60. The fraction of sp³-hybridized carbons (Fsp3) is 0.333. The molecule has 0 spiro atoms. The first-order valence-corrected chi connectivity index (χ1v) is 4.37. The van der Waals surface area contributed by atoms with Gasteiger partial charge in [0.2, 0.25) is 0 Å². The van der Waals surface area contributed by atoms with E-state index in [1.54, 1.807) is 13.8 Å². The van der Waals surface area contributed by atoms with Gasteiger partial charge in [-0.25, -0.2) is 13.2 Å². The molecule has 2 N–H and O–H groups in total. The number of nitrogen functional groups attached to an aromatic ring is 1. The van der Waals surface area contributed by atoms with Gasteiger partial charge >= 0.3 is 0 Å². The second-order valence-electron chi connectivity index (χ2n) is 3.24. The molecular formula is C9H9ClF3N. The number of hydrogen-bond acceptors (Lipinski definition) is 1. The highest BCUT2D eigenvalue weighted by Gasteiger charge is 2.23. The van der Waals surface area contributed by atoms with Gasteiger partial charge in [0.1, 0.15) is 0 Å². The van der Waals surface area contributed by atoms with Crippen molar-refractivity contribution in [2.75, 3.05) is 5.73 Å². The van der Waals surface area contributed by atoms with Gasteiger partial charge in [-0.05, 0) is 5.92 Å². The van der Waals surface area contributed by atoms with Crippen LogP contribution in [-0.4, -0.2) is 0 Å². The van der Waals surface area contributed by atoms with Gasteiger partial charge in [0.15, 0.2) is 17.5 Å². The number of anilines is 1. The van der Waals surface area contributed by atoms with Crippen LogP contribution in [-0.2, 0) is 0 Å². The third-order valence-electron chi connectivity index (χ3n) is 1.92. The third-order valence-corrected chi connectivity index (χ3v) is 2.29. The Hall–Kier alpha value is -0.900. The van der Waals surface area contributed by atoms with E-state index < -0.39 is 28.2 Å². The predicted molar refractivity (Wildman–Crippen MR) is 49.8 cm³/mol. The maximum Gasteiger partial charge on any atom is 0.198 e. The summed E-state index contributed by atoms with van der Waals surface area (Å²) in [7, 11) is 0. The van der Waals surface area contributed by atoms with Crippen LogP contribution in [0.2, 0.25) is 5.02 Å². The lowest BCUT2D eigenvalue weighted by atomic mass is 10.0. The largest absolute Gasteiger partial charge is 0.396 e. The minimum Gasteiger partial charge on any atom is -0.396 e. The van der Waals surface area contributed by atoms with Crippen molar-refractivity contribution < 1.29 is 13.2 Å². The summed E-state index contributed by atoms with van der Waals surface area (Å²) in [6, 6.07) is 0. The number of nitrogens with two attached hydrogens (primary N) is 1. The Bertz CT molecular complexity index is 348. The molecule has 0 aromatic heterocycles. The Morgan fingerprint density at radius 1 is 1.07 bits per heavy atom. The lowest BCUT2D eigenvalue weighted by Gasteiger charge is -2.13. The molecule has 0 heterocycles. The van der Waals surface area contributed by atoms with Gasteiger partial charge < -0.3 is 5.73 Å². The number of benzene rings is 1. The first kappa shape index (κ1) is 11.2. The molecule has 1 rings (SSSR count). The maximum absolute atomic E-state index is 13.0. The molecule has 78 valence electrons. The minimum absolute atomic E-state index is 0.100. The van der Waals surface area contributed by atoms with Crippen LogP contribution in [0.1, 0.15) is 25.3 Å². The fourth-order valence-electron chi connectivity index (χ4n) is 1.23. The number of rotatable bonds is 1. The van der Waals surface area contributed by atoms with Crippen molar-refractivity contribution in [1.82, 2.24) is 0 Å². The van der Waals surface area contributed by atoms with Gasteiger partial charge in [-0.15, -0.1) is 0 Å². The Morgan fingerprint density at radius 3 is 2.00 bits per heavy atom. The summed E-state index contributed by atoms with van der Waals surface area (Å²) in [5.74, 6) is -4.67. The molecule has 0 radical (unpaired) electrons. The zero-order valence-electron chi connectivity index (χ0n) is 7.67. The molecule has 14 heavy (non-hydrogen) atoms. The molecule has 0 saturated heterocycles. The molecule has 0 atom stereocenters. The number of halogens is 4. The summed E-state index contributed by atoms with van der Waals surface area (Å²) in [5.41, 5.74) is 4.96. The molecule has 5 heteroatoms. The average molecular weight is 224 g/mol. The lowest BCUT2D eigenvalue weighted by Crippen LogP contribution is -2.06. The van der Waals surface area contributed by atoms with E-state index in [4.69, 9.17) is 17.3 Å². The Labute approximate surface area is 84.7 Å². The van der Waals surface area contributed by atoms with Gasteiger partial charge in [-0.1, -0.05) is 25.4 Å². The van der Waals surface area contributed by atoms with Gasteiger partial charge in [0, 0.05) is 5.56 Å². The molecule has 0 fully saturated rings. The molecule has 0 aliphatic rings. The quantitative estimate of drug-likeness (QED) is 0.440. The number of hydrogen-bond donors (Lipinski definition) is 1. The average Bonchev–Trinajstić information content (AvgIpc) is 2.11. The monoisotopic (exact) mass is 223 g/mol. The molecule has 1 nitrogen and oxygen atoms in total. The van der Waals surface area contributed by atoms with Crippen LogP contribution in [0.25, 0.3) is 0 Å². The van der Waals surface area contributed by atoms with E-state index in [0.717, 1.165) is 0 Å². The van der Waals surface area contributed by atoms with Crippen molar-refractivity contribution in [2.45, 2.75) is 19.8 Å². The summed E-state index contributed by atoms with van der Waals surface area (Å²) in [6.07, 6.45) is 0. The van der Waals surface area contributed by atoms with E-state index in [0.29, 0.717) is 0 Å². The molecule has 1 aromatic carbocycles. The SMILES string of the molecule is CC(C)c1c(N)c(F)c(F)c(F)c1Cl. The van der Waals surface area contributed by atoms with Crippen LogP contribution < -0.4 is 5.73 Å². The standard InChI is InChI=1S/C9H9ClF3N/c1-3(2)4-5(10)6(11)7(12)8(13)9(4)14/h3H,14H2,1-2H3. The van der Waals surface area contributed by atoms with Crippen LogP contribution in [0.3, 0.4) is 0 Å². The zero-order chi connectivity index (χ0) is 11.0. The maximum atomic E-state index is 13.0. The molecule has 0 saturated carbocycles. The van der Waals surface area contributed by atoms with Gasteiger partial charge in [0.25, 0.3) is 0 Å². The van der Waals surface area contributed by atoms with Gasteiger partial charge in [0.05, 0.1) is 10.7 Å². The lowest BCUT2D eigenvalue weighted by molar-refractivity contribution is 0.447. The summed E-state index contributed by atoms with van der Waals surface area (Å²) in [5, 5.41) is -0.448. The summed E-state index contributed by atoms with van der Waals surface area (Å²) >= 11 is 5.51. The van der Waals surface area contributed by atoms with Crippen molar-refractivity contribution in [3.8, 4) is 0 Å². The summed E-state index contributed by atoms with van der Waals surface area (Å²) < 4.78 is 38.8. The van der Waals surface area contributed by atoms with Crippen LogP contribution in [0.15, 0.2) is 0 Å². The smallest absolute Gasteiger partial charge is 0.198 e. The molecule has 0 aliphatic carbocycles. The van der Waals surface area contributed by atoms with E-state index in [-0.39, 0.29) is 11.5 Å². The van der Waals surface area contributed by atoms with Crippen LogP contribution >= 0.6 is 11.6 Å². The van der Waals surface area contributed by atoms with Crippen molar-refractivity contribution in [2.24, 2.45) is 0 Å². The molecule has 0 amide bonds. The topological polar surface area (TPSA) is 26.0 Å². The van der Waals surface area contributed by atoms with Crippen LogP contribution in [0.4, 0.5) is 18.9 Å². The second-order valence-corrected chi connectivity index (χ2v) is 3.62. The Kier molecular flexibility index (Phi) is 2.95. The second kappa shape index (κ2) is 3.69. The van der Waals surface area contributed by atoms with Gasteiger partial charge in [-0.2, -0.15) is 0 Å². The molecule has 0 unspecified atom stereocenters. The van der Waals surface area contributed by atoms with Crippen molar-refractivity contribution in [3.63, 3.8) is 0 Å². The minimum atomic E-state index is -1.63. The van der Waals surface area contributed by atoms with Gasteiger partial charge in [-0.3, -0.25) is 0 Å². The summed E-state index contributed by atoms with van der Waals surface area (Å²) in [4.78, 5) is 0. The van der Waals surface area contributed by atoms with Crippen LogP contribution in [0, 0.1) is 17.5 Å². The van der Waals surface area contributed by atoms with Crippen molar-refractivity contribution >= 4 is 17.3 Å². The first-order chi connectivity index (χ1) is 6.37. The molecule has 1 aromatic rings. The normalized spacial score (nSPS) is 11.1. The van der Waals surface area contributed by atoms with E-state index >= 15 is 0 Å². The molecule has 0 bridgehead atoms. The van der Waals surface area contributed by atoms with Crippen molar-refractivity contribution in [3.05, 3.63) is 28.0 Å². The molecule has 0 aliphatic heterocycles. The highest BCUT2D eigenvalue weighted by molar-refractivity contribution is 6.32. The van der Waals surface area contributed by atoms with E-state index in [2.05, 4.69) is 0 Å². The summed E-state index contributed by atoms with van der Waals surface area (Å²) in [6.45, 7) is 3.32. The van der Waals surface area contributed by atoms with Crippen molar-refractivity contribution in [1.29, 1.82) is 0 Å². The zero-order valence-corrected chi connectivity index (χ0v) is 8.42. The highest BCUT2D eigenvalue weighted by atomic mass is 35.5. The first-order valence-electron chi connectivity index (χ1n) is 3.99. The van der Waals surface area contributed by atoms with E-state index in [1.165, 1.54) is 0 Å². The molecular weight excluding hydrogens is 215 g/mol. The fourth-order valence-corrected chi connectivity index (χ4v) is 1.63. The van der Waals surface area contributed by atoms with Crippen LogP contribution in [0.5, 0.6) is 0 Å². The van der Waals surface area contributed by atoms with E-state index in [9.17, 15) is 13.2 Å².